The number of nitriles is 1. The largest absolute Gasteiger partial charge is 0.377 e. The lowest BCUT2D eigenvalue weighted by Gasteiger charge is -2.33. The van der Waals surface area contributed by atoms with Crippen molar-refractivity contribution in [3.8, 4) is 6.07 Å². The summed E-state index contributed by atoms with van der Waals surface area (Å²) >= 11 is 4.55. The number of aliphatic hydroxyl groups is 1. The first-order valence-electron chi connectivity index (χ1n) is 9.97. The summed E-state index contributed by atoms with van der Waals surface area (Å²) in [5.74, 6) is 0.103. The second kappa shape index (κ2) is 10.1. The van der Waals surface area contributed by atoms with E-state index in [4.69, 9.17) is 5.26 Å². The fourth-order valence-corrected chi connectivity index (χ4v) is 4.22. The lowest BCUT2D eigenvalue weighted by Crippen LogP contribution is -2.54. The van der Waals surface area contributed by atoms with Crippen LogP contribution in [0.25, 0.3) is 0 Å². The van der Waals surface area contributed by atoms with Crippen molar-refractivity contribution in [1.29, 1.82) is 5.26 Å². The third kappa shape index (κ3) is 5.61. The van der Waals surface area contributed by atoms with E-state index in [0.717, 1.165) is 50.9 Å². The first-order chi connectivity index (χ1) is 13.6. The van der Waals surface area contributed by atoms with E-state index in [9.17, 15) is 9.90 Å². The van der Waals surface area contributed by atoms with E-state index in [1.165, 1.54) is 0 Å². The molecule has 3 rings (SSSR count). The predicted octanol–water partition coefficient (Wildman–Crippen LogP) is 1.57. The first-order valence-corrected chi connectivity index (χ1v) is 10.5. The molecule has 1 aromatic rings. The van der Waals surface area contributed by atoms with Crippen molar-refractivity contribution in [2.45, 2.75) is 49.9 Å². The standard InChI is InChI=1S/C20H29N5O2S/c21-13-15-6-5-7-16(12-15)22-20(28)23-17-8-1-2-11-25(19(17)27)14-18(26)24-9-3-4-10-24/h5-7,12,17,19-20,22-23,27-28H,1-4,8-11,14H2/t17-,19-,20?/m0/s1. The summed E-state index contributed by atoms with van der Waals surface area (Å²) in [7, 11) is 0. The molecule has 28 heavy (non-hydrogen) atoms. The lowest BCUT2D eigenvalue weighted by atomic mass is 10.1. The normalized spacial score (nSPS) is 24.4. The highest BCUT2D eigenvalue weighted by Gasteiger charge is 2.31. The number of nitrogens with one attached hydrogen (secondary N) is 2. The van der Waals surface area contributed by atoms with Crippen LogP contribution in [0.2, 0.25) is 0 Å². The molecule has 1 unspecified atom stereocenters. The van der Waals surface area contributed by atoms with Crippen LogP contribution in [-0.2, 0) is 4.79 Å². The molecule has 152 valence electrons. The van der Waals surface area contributed by atoms with E-state index in [1.807, 2.05) is 21.9 Å². The van der Waals surface area contributed by atoms with Crippen molar-refractivity contribution in [1.82, 2.24) is 15.1 Å². The Morgan fingerprint density at radius 3 is 2.79 bits per heavy atom. The van der Waals surface area contributed by atoms with Crippen molar-refractivity contribution in [2.24, 2.45) is 0 Å². The van der Waals surface area contributed by atoms with Crippen molar-refractivity contribution in [2.75, 3.05) is 31.5 Å². The molecular formula is C20H29N5O2S. The highest BCUT2D eigenvalue weighted by molar-refractivity contribution is 7.81. The van der Waals surface area contributed by atoms with Gasteiger partial charge in [0, 0.05) is 31.4 Å². The molecule has 2 fully saturated rings. The summed E-state index contributed by atoms with van der Waals surface area (Å²) in [6, 6.07) is 9.12. The number of hydrogen-bond acceptors (Lipinski definition) is 7. The Kier molecular flexibility index (Phi) is 7.57. The zero-order valence-corrected chi connectivity index (χ0v) is 16.9. The van der Waals surface area contributed by atoms with Crippen LogP contribution in [0.4, 0.5) is 5.69 Å². The second-order valence-electron chi connectivity index (χ2n) is 7.48. The molecule has 0 aliphatic carbocycles. The van der Waals surface area contributed by atoms with Gasteiger partial charge >= 0.3 is 0 Å². The molecule has 2 heterocycles. The molecule has 2 aliphatic rings. The summed E-state index contributed by atoms with van der Waals surface area (Å²) in [5.41, 5.74) is 0.977. The number of nitrogens with zero attached hydrogens (tertiary/aromatic N) is 3. The van der Waals surface area contributed by atoms with E-state index in [0.29, 0.717) is 12.1 Å². The Bertz CT molecular complexity index is 704. The third-order valence-corrected chi connectivity index (χ3v) is 5.69. The van der Waals surface area contributed by atoms with E-state index in [1.54, 1.807) is 12.1 Å². The van der Waals surface area contributed by atoms with Gasteiger partial charge in [-0.2, -0.15) is 5.26 Å². The number of hydrogen-bond donors (Lipinski definition) is 4. The Morgan fingerprint density at radius 2 is 2.04 bits per heavy atom. The van der Waals surface area contributed by atoms with Crippen LogP contribution in [0.5, 0.6) is 0 Å². The molecule has 0 saturated carbocycles. The van der Waals surface area contributed by atoms with Gasteiger partial charge < -0.3 is 15.3 Å². The van der Waals surface area contributed by atoms with E-state index >= 15 is 0 Å². The summed E-state index contributed by atoms with van der Waals surface area (Å²) < 4.78 is 0. The van der Waals surface area contributed by atoms with E-state index in [2.05, 4.69) is 29.3 Å². The average molecular weight is 404 g/mol. The highest BCUT2D eigenvalue weighted by Crippen LogP contribution is 2.19. The molecule has 0 spiro atoms. The number of anilines is 1. The Labute approximate surface area is 172 Å². The lowest BCUT2D eigenvalue weighted by molar-refractivity contribution is -0.135. The average Bonchev–Trinajstić information content (AvgIpc) is 3.18. The minimum atomic E-state index is -0.740. The molecule has 0 bridgehead atoms. The van der Waals surface area contributed by atoms with Crippen molar-refractivity contribution < 1.29 is 9.90 Å². The van der Waals surface area contributed by atoms with Gasteiger partial charge in [-0.25, -0.2) is 0 Å². The van der Waals surface area contributed by atoms with Crippen LogP contribution in [-0.4, -0.2) is 64.8 Å². The van der Waals surface area contributed by atoms with Crippen molar-refractivity contribution >= 4 is 24.2 Å². The van der Waals surface area contributed by atoms with Crippen LogP contribution >= 0.6 is 12.6 Å². The Morgan fingerprint density at radius 1 is 1.29 bits per heavy atom. The third-order valence-electron chi connectivity index (χ3n) is 5.41. The maximum Gasteiger partial charge on any atom is 0.236 e. The quantitative estimate of drug-likeness (QED) is 0.426. The minimum Gasteiger partial charge on any atom is -0.377 e. The van der Waals surface area contributed by atoms with Gasteiger partial charge in [0.25, 0.3) is 0 Å². The molecule has 1 aromatic carbocycles. The molecule has 7 nitrogen and oxygen atoms in total. The number of amides is 1. The summed E-state index contributed by atoms with van der Waals surface area (Å²) in [6.07, 6.45) is 4.14. The molecule has 3 atom stereocenters. The Balaban J connectivity index is 1.57. The van der Waals surface area contributed by atoms with Crippen LogP contribution in [0.3, 0.4) is 0 Å². The fourth-order valence-electron chi connectivity index (χ4n) is 3.88. The number of rotatable bonds is 6. The summed E-state index contributed by atoms with van der Waals surface area (Å²) in [6.45, 7) is 2.63. The number of thiol groups is 1. The molecule has 1 amide bonds. The number of likely N-dealkylation sites (tertiary alicyclic amines) is 2. The molecule has 2 saturated heterocycles. The van der Waals surface area contributed by atoms with E-state index < -0.39 is 6.23 Å². The zero-order chi connectivity index (χ0) is 19.9. The molecular weight excluding hydrogens is 374 g/mol. The highest BCUT2D eigenvalue weighted by atomic mass is 32.1. The van der Waals surface area contributed by atoms with Crippen molar-refractivity contribution in [3.05, 3.63) is 29.8 Å². The number of carbonyl (C=O) groups excluding carboxylic acids is 1. The van der Waals surface area contributed by atoms with Gasteiger partial charge in [-0.3, -0.25) is 15.0 Å². The summed E-state index contributed by atoms with van der Waals surface area (Å²) in [4.78, 5) is 16.3. The van der Waals surface area contributed by atoms with Gasteiger partial charge in [-0.05, 0) is 43.9 Å². The maximum absolute atomic E-state index is 12.5. The number of carbonyl (C=O) groups is 1. The second-order valence-corrected chi connectivity index (χ2v) is 8.00. The van der Waals surface area contributed by atoms with Gasteiger partial charge in [0.15, 0.2) is 0 Å². The van der Waals surface area contributed by atoms with Crippen LogP contribution in [0.1, 0.15) is 37.7 Å². The summed E-state index contributed by atoms with van der Waals surface area (Å²) in [5, 5.41) is 26.4. The van der Waals surface area contributed by atoms with Crippen molar-refractivity contribution in [3.63, 3.8) is 0 Å². The van der Waals surface area contributed by atoms with Crippen LogP contribution in [0.15, 0.2) is 24.3 Å². The molecule has 0 aromatic heterocycles. The van der Waals surface area contributed by atoms with Gasteiger partial charge in [0.2, 0.25) is 5.91 Å². The maximum atomic E-state index is 12.5. The van der Waals surface area contributed by atoms with E-state index in [-0.39, 0.29) is 24.0 Å². The molecule has 3 N–H and O–H groups in total. The SMILES string of the molecule is N#Cc1cccc(NC(S)N[C@H]2CCCCN(CC(=O)N3CCCC3)[C@H]2O)c1. The number of benzene rings is 1. The van der Waals surface area contributed by atoms with Gasteiger partial charge in [-0.15, -0.1) is 12.6 Å². The van der Waals surface area contributed by atoms with Gasteiger partial charge in [-0.1, -0.05) is 12.5 Å². The predicted molar refractivity (Wildman–Crippen MR) is 112 cm³/mol. The smallest absolute Gasteiger partial charge is 0.236 e. The van der Waals surface area contributed by atoms with Gasteiger partial charge in [0.05, 0.1) is 18.2 Å². The topological polar surface area (TPSA) is 91.6 Å². The first kappa shape index (κ1) is 20.9. The monoisotopic (exact) mass is 403 g/mol. The Hall–Kier alpha value is -1.79. The number of aliphatic hydroxyl groups excluding tert-OH is 1. The molecule has 2 aliphatic heterocycles. The minimum absolute atomic E-state index is 0.103. The van der Waals surface area contributed by atoms with Crippen LogP contribution < -0.4 is 10.6 Å². The molecule has 0 radical (unpaired) electrons. The zero-order valence-electron chi connectivity index (χ0n) is 16.0. The van der Waals surface area contributed by atoms with Gasteiger partial charge in [0.1, 0.15) is 11.7 Å². The van der Waals surface area contributed by atoms with Crippen LogP contribution in [0, 0.1) is 11.3 Å². The fraction of sp³-hybridized carbons (Fsp3) is 0.600. The molecule has 8 heteroatoms.